The van der Waals surface area contributed by atoms with Gasteiger partial charge in [-0.1, -0.05) is 0 Å². The fourth-order valence-electron chi connectivity index (χ4n) is 1.65. The molecule has 94 valence electrons. The molecule has 0 spiro atoms. The van der Waals surface area contributed by atoms with Gasteiger partial charge in [0.15, 0.2) is 0 Å². The molecule has 1 heterocycles. The lowest BCUT2D eigenvalue weighted by atomic mass is 10.1. The van der Waals surface area contributed by atoms with Crippen LogP contribution >= 0.6 is 0 Å². The lowest BCUT2D eigenvalue weighted by molar-refractivity contribution is -0.274. The summed E-state index contributed by atoms with van der Waals surface area (Å²) in [7, 11) is 0. The average molecular weight is 249 g/mol. The summed E-state index contributed by atoms with van der Waals surface area (Å²) in [6.07, 6.45) is -3.70. The van der Waals surface area contributed by atoms with E-state index in [4.69, 9.17) is 0 Å². The smallest absolute Gasteiger partial charge is 0.406 e. The van der Waals surface area contributed by atoms with Gasteiger partial charge in [0.2, 0.25) is 0 Å². The monoisotopic (exact) mass is 249 g/mol. The lowest BCUT2D eigenvalue weighted by Crippen LogP contribution is -2.36. The van der Waals surface area contributed by atoms with Gasteiger partial charge in [-0.15, -0.1) is 13.2 Å². The summed E-state index contributed by atoms with van der Waals surface area (Å²) in [4.78, 5) is 1.95. The fourth-order valence-corrected chi connectivity index (χ4v) is 1.65. The molecule has 0 amide bonds. The second kappa shape index (κ2) is 4.52. The Morgan fingerprint density at radius 3 is 2.47 bits per heavy atom. The summed E-state index contributed by atoms with van der Waals surface area (Å²) in [5.74, 6) is -0.888. The highest BCUT2D eigenvalue weighted by molar-refractivity contribution is 5.30. The average Bonchev–Trinajstić information content (AvgIpc) is 2.14. The van der Waals surface area contributed by atoms with E-state index < -0.39 is 12.2 Å². The second-order valence-electron chi connectivity index (χ2n) is 3.93. The van der Waals surface area contributed by atoms with Crippen molar-refractivity contribution in [2.45, 2.75) is 19.3 Å². The molecule has 0 aliphatic carbocycles. The molecule has 1 aliphatic heterocycles. The summed E-state index contributed by atoms with van der Waals surface area (Å²) in [6.45, 7) is 2.02. The van der Waals surface area contributed by atoms with Crippen LogP contribution in [0.4, 0.5) is 17.6 Å². The van der Waals surface area contributed by atoms with Gasteiger partial charge in [-0.05, 0) is 37.7 Å². The molecule has 1 aromatic carbocycles. The van der Waals surface area contributed by atoms with Gasteiger partial charge < -0.3 is 4.74 Å². The maximum Gasteiger partial charge on any atom is 0.573 e. The van der Waals surface area contributed by atoms with Crippen LogP contribution < -0.4 is 4.74 Å². The number of likely N-dealkylation sites (tertiary alicyclic amines) is 1. The minimum Gasteiger partial charge on any atom is -0.406 e. The molecule has 0 radical (unpaired) electrons. The van der Waals surface area contributed by atoms with Crippen molar-refractivity contribution in [3.05, 3.63) is 29.6 Å². The molecule has 1 aromatic rings. The molecular formula is C11H11F4NO. The van der Waals surface area contributed by atoms with Crippen molar-refractivity contribution in [2.75, 3.05) is 13.1 Å². The Labute approximate surface area is 95.8 Å². The van der Waals surface area contributed by atoms with Gasteiger partial charge in [-0.2, -0.15) is 0 Å². The minimum atomic E-state index is -4.74. The highest BCUT2D eigenvalue weighted by Crippen LogP contribution is 2.25. The topological polar surface area (TPSA) is 12.5 Å². The molecule has 1 fully saturated rings. The number of nitrogens with zero attached hydrogens (tertiary/aromatic N) is 1. The third kappa shape index (κ3) is 3.33. The molecule has 2 rings (SSSR count). The quantitative estimate of drug-likeness (QED) is 0.764. The van der Waals surface area contributed by atoms with Crippen molar-refractivity contribution in [3.63, 3.8) is 0 Å². The van der Waals surface area contributed by atoms with E-state index in [1.807, 2.05) is 4.90 Å². The molecule has 0 saturated carbocycles. The Morgan fingerprint density at radius 2 is 1.94 bits per heavy atom. The van der Waals surface area contributed by atoms with Crippen LogP contribution in [0.5, 0.6) is 5.75 Å². The first kappa shape index (κ1) is 12.2. The van der Waals surface area contributed by atoms with Gasteiger partial charge in [0.1, 0.15) is 11.6 Å². The third-order valence-corrected chi connectivity index (χ3v) is 2.59. The summed E-state index contributed by atoms with van der Waals surface area (Å²) in [6, 6.07) is 3.07. The lowest BCUT2D eigenvalue weighted by Gasteiger charge is -2.30. The number of halogens is 4. The molecule has 0 N–H and O–H groups in total. The van der Waals surface area contributed by atoms with Crippen molar-refractivity contribution >= 4 is 0 Å². The van der Waals surface area contributed by atoms with Crippen molar-refractivity contribution < 1.29 is 22.3 Å². The van der Waals surface area contributed by atoms with Crippen molar-refractivity contribution in [1.29, 1.82) is 0 Å². The largest absolute Gasteiger partial charge is 0.573 e. The zero-order valence-corrected chi connectivity index (χ0v) is 8.93. The number of rotatable bonds is 3. The Balaban J connectivity index is 2.10. The van der Waals surface area contributed by atoms with Crippen LogP contribution in [0.1, 0.15) is 12.0 Å². The minimum absolute atomic E-state index is 0.228. The Kier molecular flexibility index (Phi) is 3.24. The van der Waals surface area contributed by atoms with E-state index in [2.05, 4.69) is 4.74 Å². The Bertz CT molecular complexity index is 401. The van der Waals surface area contributed by atoms with Crippen LogP contribution in [0.15, 0.2) is 18.2 Å². The van der Waals surface area contributed by atoms with Crippen LogP contribution in [0, 0.1) is 5.82 Å². The maximum absolute atomic E-state index is 13.4. The number of ether oxygens (including phenoxy) is 1. The van der Waals surface area contributed by atoms with E-state index in [0.29, 0.717) is 6.54 Å². The number of benzene rings is 1. The van der Waals surface area contributed by atoms with Gasteiger partial charge in [-0.3, -0.25) is 4.90 Å². The number of alkyl halides is 3. The highest BCUT2D eigenvalue weighted by atomic mass is 19.4. The summed E-state index contributed by atoms with van der Waals surface area (Å²) in [5.41, 5.74) is 0.228. The first-order valence-corrected chi connectivity index (χ1v) is 5.20. The molecule has 2 nitrogen and oxygen atoms in total. The predicted octanol–water partition coefficient (Wildman–Crippen LogP) is 2.93. The van der Waals surface area contributed by atoms with Crippen molar-refractivity contribution in [1.82, 2.24) is 4.90 Å². The summed E-state index contributed by atoms with van der Waals surface area (Å²) in [5, 5.41) is 0. The zero-order valence-electron chi connectivity index (χ0n) is 8.93. The molecule has 0 atom stereocenters. The van der Waals surface area contributed by atoms with Crippen molar-refractivity contribution in [2.24, 2.45) is 0 Å². The Morgan fingerprint density at radius 1 is 1.24 bits per heavy atom. The van der Waals surface area contributed by atoms with Gasteiger partial charge in [-0.25, -0.2) is 4.39 Å². The van der Waals surface area contributed by atoms with Crippen LogP contribution in [-0.4, -0.2) is 24.4 Å². The van der Waals surface area contributed by atoms with E-state index in [1.165, 1.54) is 0 Å². The first-order chi connectivity index (χ1) is 7.94. The van der Waals surface area contributed by atoms with E-state index in [9.17, 15) is 17.6 Å². The van der Waals surface area contributed by atoms with Crippen molar-refractivity contribution in [3.8, 4) is 5.75 Å². The van der Waals surface area contributed by atoms with Crippen LogP contribution in [-0.2, 0) is 6.54 Å². The van der Waals surface area contributed by atoms with Gasteiger partial charge in [0.05, 0.1) is 0 Å². The highest BCUT2D eigenvalue weighted by Gasteiger charge is 2.31. The number of hydrogen-bond donors (Lipinski definition) is 0. The molecule has 0 bridgehead atoms. The van der Waals surface area contributed by atoms with Crippen LogP contribution in [0.2, 0.25) is 0 Å². The van der Waals surface area contributed by atoms with E-state index in [-0.39, 0.29) is 11.3 Å². The first-order valence-electron chi connectivity index (χ1n) is 5.20. The molecular weight excluding hydrogens is 238 g/mol. The Hall–Kier alpha value is -1.30. The number of hydrogen-bond acceptors (Lipinski definition) is 2. The third-order valence-electron chi connectivity index (χ3n) is 2.59. The summed E-state index contributed by atoms with van der Waals surface area (Å²) < 4.78 is 53.1. The zero-order chi connectivity index (χ0) is 12.5. The SMILES string of the molecule is Fc1ccc(OC(F)(F)F)cc1CN1CCC1. The van der Waals surface area contributed by atoms with E-state index in [1.54, 1.807) is 0 Å². The standard InChI is InChI=1S/C11H11F4NO/c12-10-3-2-9(17-11(13,14)15)6-8(10)7-16-4-1-5-16/h2-3,6H,1,4-5,7H2. The second-order valence-corrected chi connectivity index (χ2v) is 3.93. The molecule has 6 heteroatoms. The van der Waals surface area contributed by atoms with E-state index >= 15 is 0 Å². The maximum atomic E-state index is 13.4. The van der Waals surface area contributed by atoms with Crippen LogP contribution in [0.3, 0.4) is 0 Å². The predicted molar refractivity (Wildman–Crippen MR) is 53.0 cm³/mol. The van der Waals surface area contributed by atoms with E-state index in [0.717, 1.165) is 37.7 Å². The normalized spacial score (nSPS) is 16.7. The van der Waals surface area contributed by atoms with Gasteiger partial charge >= 0.3 is 6.36 Å². The molecule has 0 unspecified atom stereocenters. The summed E-state index contributed by atoms with van der Waals surface area (Å²) >= 11 is 0. The van der Waals surface area contributed by atoms with Gasteiger partial charge in [0.25, 0.3) is 0 Å². The molecule has 1 aliphatic rings. The van der Waals surface area contributed by atoms with Gasteiger partial charge in [0, 0.05) is 12.1 Å². The molecule has 0 aromatic heterocycles. The fraction of sp³-hybridized carbons (Fsp3) is 0.455. The molecule has 1 saturated heterocycles. The van der Waals surface area contributed by atoms with Crippen LogP contribution in [0.25, 0.3) is 0 Å². The molecule has 17 heavy (non-hydrogen) atoms.